The highest BCUT2D eigenvalue weighted by Crippen LogP contribution is 2.23. The van der Waals surface area contributed by atoms with Gasteiger partial charge in [-0.25, -0.2) is 4.79 Å². The summed E-state index contributed by atoms with van der Waals surface area (Å²) in [7, 11) is 0. The molecular formula is C23H21N3O5. The first kappa shape index (κ1) is 20.2. The second-order valence-electron chi connectivity index (χ2n) is 7.03. The number of nitrogens with zero attached hydrogens (tertiary/aromatic N) is 1. The Balaban J connectivity index is 1.25. The summed E-state index contributed by atoms with van der Waals surface area (Å²) in [6.07, 6.45) is 1.78. The molecule has 31 heavy (non-hydrogen) atoms. The Morgan fingerprint density at radius 3 is 2.45 bits per heavy atom. The van der Waals surface area contributed by atoms with E-state index in [1.807, 2.05) is 30.3 Å². The Morgan fingerprint density at radius 1 is 1.00 bits per heavy atom. The number of furan rings is 1. The fourth-order valence-electron chi connectivity index (χ4n) is 3.21. The van der Waals surface area contributed by atoms with Gasteiger partial charge in [0.2, 0.25) is 5.91 Å². The lowest BCUT2D eigenvalue weighted by Gasteiger charge is -2.11. The number of rotatable bonds is 8. The maximum atomic E-state index is 12.5. The quantitative estimate of drug-likeness (QED) is 0.539. The molecule has 3 aromatic rings. The minimum atomic E-state index is -0.727. The molecule has 1 aliphatic heterocycles. The minimum absolute atomic E-state index is 0.0672. The third-order valence-corrected chi connectivity index (χ3v) is 4.78. The van der Waals surface area contributed by atoms with Crippen molar-refractivity contribution in [3.05, 3.63) is 78.8 Å². The van der Waals surface area contributed by atoms with Crippen molar-refractivity contribution in [1.29, 1.82) is 0 Å². The van der Waals surface area contributed by atoms with Crippen molar-refractivity contribution in [1.82, 2.24) is 10.2 Å². The summed E-state index contributed by atoms with van der Waals surface area (Å²) < 4.78 is 10.9. The number of hydrogen-bond donors (Lipinski definition) is 2. The van der Waals surface area contributed by atoms with E-state index in [4.69, 9.17) is 9.15 Å². The molecule has 1 aliphatic rings. The van der Waals surface area contributed by atoms with Crippen LogP contribution in [0.25, 0.3) is 0 Å². The summed E-state index contributed by atoms with van der Waals surface area (Å²) in [5, 5.41) is 5.40. The number of amides is 4. The molecule has 158 valence electrons. The molecule has 1 saturated heterocycles. The topological polar surface area (TPSA) is 101 Å². The van der Waals surface area contributed by atoms with E-state index in [1.54, 1.807) is 36.4 Å². The molecule has 1 atom stereocenters. The highest BCUT2D eigenvalue weighted by atomic mass is 16.5. The largest absolute Gasteiger partial charge is 0.467 e. The molecule has 4 amide bonds. The van der Waals surface area contributed by atoms with Crippen LogP contribution >= 0.6 is 0 Å². The number of benzene rings is 2. The van der Waals surface area contributed by atoms with Gasteiger partial charge in [-0.3, -0.25) is 14.5 Å². The van der Waals surface area contributed by atoms with Crippen LogP contribution in [-0.2, 0) is 16.1 Å². The molecule has 1 unspecified atom stereocenters. The number of ether oxygens (including phenoxy) is 1. The van der Waals surface area contributed by atoms with Crippen molar-refractivity contribution in [3.63, 3.8) is 0 Å². The Morgan fingerprint density at radius 2 is 1.74 bits per heavy atom. The SMILES string of the molecule is O=C(CCC1NC(=O)N(Cc2ccco2)C1=O)Nc1ccc(Oc2ccccc2)cc1. The number of anilines is 1. The molecule has 1 fully saturated rings. The second-order valence-corrected chi connectivity index (χ2v) is 7.03. The number of carbonyl (C=O) groups excluding carboxylic acids is 3. The van der Waals surface area contributed by atoms with Gasteiger partial charge in [-0.1, -0.05) is 18.2 Å². The third-order valence-electron chi connectivity index (χ3n) is 4.78. The van der Waals surface area contributed by atoms with Gasteiger partial charge in [0.05, 0.1) is 12.8 Å². The van der Waals surface area contributed by atoms with Crippen LogP contribution in [0.1, 0.15) is 18.6 Å². The first-order valence-electron chi connectivity index (χ1n) is 9.85. The first-order valence-corrected chi connectivity index (χ1v) is 9.85. The van der Waals surface area contributed by atoms with Crippen LogP contribution in [0.2, 0.25) is 0 Å². The molecule has 0 radical (unpaired) electrons. The van der Waals surface area contributed by atoms with E-state index in [0.717, 1.165) is 10.6 Å². The summed E-state index contributed by atoms with van der Waals surface area (Å²) in [4.78, 5) is 37.9. The molecule has 2 aromatic carbocycles. The van der Waals surface area contributed by atoms with Crippen LogP contribution in [0.3, 0.4) is 0 Å². The summed E-state index contributed by atoms with van der Waals surface area (Å²) in [5.74, 6) is 1.28. The third kappa shape index (κ3) is 5.11. The fourth-order valence-corrected chi connectivity index (χ4v) is 3.21. The highest BCUT2D eigenvalue weighted by Gasteiger charge is 2.38. The fraction of sp³-hybridized carbons (Fsp3) is 0.174. The molecule has 0 saturated carbocycles. The predicted octanol–water partition coefficient (Wildman–Crippen LogP) is 3.91. The Kier molecular flexibility index (Phi) is 5.98. The van der Waals surface area contributed by atoms with Gasteiger partial charge >= 0.3 is 6.03 Å². The summed E-state index contributed by atoms with van der Waals surface area (Å²) in [5.41, 5.74) is 0.617. The zero-order valence-corrected chi connectivity index (χ0v) is 16.6. The van der Waals surface area contributed by atoms with E-state index in [0.29, 0.717) is 17.2 Å². The van der Waals surface area contributed by atoms with Gasteiger partial charge in [0.15, 0.2) is 0 Å². The zero-order chi connectivity index (χ0) is 21.6. The lowest BCUT2D eigenvalue weighted by Crippen LogP contribution is -2.31. The van der Waals surface area contributed by atoms with Gasteiger partial charge in [-0.05, 0) is 55.0 Å². The lowest BCUT2D eigenvalue weighted by molar-refractivity contribution is -0.128. The number of hydrogen-bond acceptors (Lipinski definition) is 5. The molecule has 2 heterocycles. The van der Waals surface area contributed by atoms with Crippen molar-refractivity contribution in [2.24, 2.45) is 0 Å². The summed E-state index contributed by atoms with van der Waals surface area (Å²) in [6, 6.07) is 18.6. The Hall–Kier alpha value is -4.07. The van der Waals surface area contributed by atoms with Gasteiger partial charge in [-0.2, -0.15) is 0 Å². The van der Waals surface area contributed by atoms with Crippen LogP contribution in [-0.4, -0.2) is 28.8 Å². The van der Waals surface area contributed by atoms with Crippen LogP contribution in [0, 0.1) is 0 Å². The first-order chi connectivity index (χ1) is 15.1. The average Bonchev–Trinajstić information content (AvgIpc) is 3.38. The van der Waals surface area contributed by atoms with Gasteiger partial charge in [0, 0.05) is 12.1 Å². The van der Waals surface area contributed by atoms with Gasteiger partial charge in [0.1, 0.15) is 23.3 Å². The van der Waals surface area contributed by atoms with Crippen LogP contribution in [0.15, 0.2) is 77.4 Å². The Bertz CT molecular complexity index is 1050. The zero-order valence-electron chi connectivity index (χ0n) is 16.6. The number of imide groups is 1. The summed E-state index contributed by atoms with van der Waals surface area (Å²) in [6.45, 7) is 0.0672. The molecule has 0 bridgehead atoms. The molecular weight excluding hydrogens is 398 g/mol. The van der Waals surface area contributed by atoms with Crippen molar-refractivity contribution in [3.8, 4) is 11.5 Å². The minimum Gasteiger partial charge on any atom is -0.467 e. The number of nitrogens with one attached hydrogen (secondary N) is 2. The molecule has 8 nitrogen and oxygen atoms in total. The van der Waals surface area contributed by atoms with E-state index in [-0.39, 0.29) is 31.2 Å². The van der Waals surface area contributed by atoms with Crippen molar-refractivity contribution in [2.45, 2.75) is 25.4 Å². The van der Waals surface area contributed by atoms with Crippen molar-refractivity contribution >= 4 is 23.5 Å². The molecule has 8 heteroatoms. The van der Waals surface area contributed by atoms with Crippen LogP contribution < -0.4 is 15.4 Å². The summed E-state index contributed by atoms with van der Waals surface area (Å²) >= 11 is 0. The van der Waals surface area contributed by atoms with Crippen LogP contribution in [0.4, 0.5) is 10.5 Å². The molecule has 4 rings (SSSR count). The predicted molar refractivity (Wildman–Crippen MR) is 112 cm³/mol. The van der Waals surface area contributed by atoms with E-state index in [2.05, 4.69) is 10.6 Å². The number of carbonyl (C=O) groups is 3. The number of urea groups is 1. The van der Waals surface area contributed by atoms with E-state index < -0.39 is 12.1 Å². The normalized spacial score (nSPS) is 15.6. The maximum Gasteiger partial charge on any atom is 0.325 e. The average molecular weight is 419 g/mol. The van der Waals surface area contributed by atoms with E-state index in [1.165, 1.54) is 6.26 Å². The highest BCUT2D eigenvalue weighted by molar-refractivity contribution is 6.04. The lowest BCUT2D eigenvalue weighted by atomic mass is 10.1. The maximum absolute atomic E-state index is 12.5. The molecule has 2 N–H and O–H groups in total. The molecule has 0 aliphatic carbocycles. The monoisotopic (exact) mass is 419 g/mol. The van der Waals surface area contributed by atoms with Gasteiger partial charge in [0.25, 0.3) is 5.91 Å². The van der Waals surface area contributed by atoms with Crippen LogP contribution in [0.5, 0.6) is 11.5 Å². The van der Waals surface area contributed by atoms with Gasteiger partial charge < -0.3 is 19.8 Å². The van der Waals surface area contributed by atoms with E-state index in [9.17, 15) is 14.4 Å². The molecule has 1 aromatic heterocycles. The molecule has 0 spiro atoms. The second kappa shape index (κ2) is 9.17. The van der Waals surface area contributed by atoms with Gasteiger partial charge in [-0.15, -0.1) is 0 Å². The van der Waals surface area contributed by atoms with E-state index >= 15 is 0 Å². The smallest absolute Gasteiger partial charge is 0.325 e. The Labute approximate surface area is 178 Å². The van der Waals surface area contributed by atoms with Crippen molar-refractivity contribution in [2.75, 3.05) is 5.32 Å². The number of para-hydroxylation sites is 1. The standard InChI is InChI=1S/C23H21N3O5/c27-21(24-16-8-10-18(11-9-16)31-17-5-2-1-3-6-17)13-12-20-22(28)26(23(29)25-20)15-19-7-4-14-30-19/h1-11,14,20H,12-13,15H2,(H,24,27)(H,25,29). The van der Waals surface area contributed by atoms with Crippen molar-refractivity contribution < 1.29 is 23.5 Å².